The Kier molecular flexibility index (Phi) is 6.34. The van der Waals surface area contributed by atoms with Gasteiger partial charge in [-0.2, -0.15) is 0 Å². The maximum Gasteiger partial charge on any atom is 0.221 e. The van der Waals surface area contributed by atoms with E-state index in [1.54, 1.807) is 0 Å². The van der Waals surface area contributed by atoms with Crippen molar-refractivity contribution in [2.75, 3.05) is 10.6 Å². The second kappa shape index (κ2) is 9.10. The Morgan fingerprint density at radius 1 is 0.963 bits per heavy atom. The number of hydrogen-bond acceptors (Lipinski definition) is 3. The molecular formula is C22H21ClN2O2. The molecule has 0 saturated heterocycles. The number of benzene rings is 3. The molecule has 1 amide bonds. The van der Waals surface area contributed by atoms with Crippen LogP contribution in [0.25, 0.3) is 0 Å². The van der Waals surface area contributed by atoms with Crippen LogP contribution in [0.15, 0.2) is 72.8 Å². The van der Waals surface area contributed by atoms with Crippen molar-refractivity contribution in [2.24, 2.45) is 0 Å². The minimum Gasteiger partial charge on any atom is -0.489 e. The third kappa shape index (κ3) is 5.76. The van der Waals surface area contributed by atoms with Crippen molar-refractivity contribution >= 4 is 28.9 Å². The molecule has 138 valence electrons. The largest absolute Gasteiger partial charge is 0.489 e. The van der Waals surface area contributed by atoms with Gasteiger partial charge in [-0.15, -0.1) is 0 Å². The van der Waals surface area contributed by atoms with Crippen LogP contribution >= 0.6 is 11.6 Å². The highest BCUT2D eigenvalue weighted by atomic mass is 35.5. The highest BCUT2D eigenvalue weighted by Crippen LogP contribution is 2.22. The SMILES string of the molecule is CC(=O)Nc1ccc(NCc2ccccc2OCc2cccc(Cl)c2)cc1. The molecule has 3 aromatic rings. The normalized spacial score (nSPS) is 10.3. The Morgan fingerprint density at radius 3 is 2.44 bits per heavy atom. The average molecular weight is 381 g/mol. The lowest BCUT2D eigenvalue weighted by molar-refractivity contribution is -0.114. The minimum atomic E-state index is -0.0820. The number of amides is 1. The van der Waals surface area contributed by atoms with Crippen LogP contribution in [0.3, 0.4) is 0 Å². The van der Waals surface area contributed by atoms with Gasteiger partial charge in [0.05, 0.1) is 0 Å². The van der Waals surface area contributed by atoms with Gasteiger partial charge in [0.1, 0.15) is 12.4 Å². The Hall–Kier alpha value is -2.98. The number of para-hydroxylation sites is 1. The van der Waals surface area contributed by atoms with Gasteiger partial charge in [0, 0.05) is 35.4 Å². The van der Waals surface area contributed by atoms with Crippen LogP contribution in [0.2, 0.25) is 5.02 Å². The summed E-state index contributed by atoms with van der Waals surface area (Å²) in [6.45, 7) is 2.58. The van der Waals surface area contributed by atoms with E-state index in [0.29, 0.717) is 18.2 Å². The lowest BCUT2D eigenvalue weighted by Crippen LogP contribution is -2.06. The average Bonchev–Trinajstić information content (AvgIpc) is 2.66. The van der Waals surface area contributed by atoms with E-state index in [9.17, 15) is 4.79 Å². The lowest BCUT2D eigenvalue weighted by Gasteiger charge is -2.13. The Labute approximate surface area is 164 Å². The van der Waals surface area contributed by atoms with Gasteiger partial charge in [-0.25, -0.2) is 0 Å². The zero-order valence-corrected chi connectivity index (χ0v) is 15.8. The highest BCUT2D eigenvalue weighted by Gasteiger charge is 2.04. The number of rotatable bonds is 7. The quantitative estimate of drug-likeness (QED) is 0.569. The summed E-state index contributed by atoms with van der Waals surface area (Å²) in [4.78, 5) is 11.1. The van der Waals surface area contributed by atoms with Crippen molar-refractivity contribution in [3.8, 4) is 5.75 Å². The summed E-state index contributed by atoms with van der Waals surface area (Å²) < 4.78 is 5.98. The summed E-state index contributed by atoms with van der Waals surface area (Å²) in [6.07, 6.45) is 0. The first kappa shape index (κ1) is 18.8. The Balaban J connectivity index is 1.61. The van der Waals surface area contributed by atoms with E-state index >= 15 is 0 Å². The summed E-state index contributed by atoms with van der Waals surface area (Å²) in [5.74, 6) is 0.751. The summed E-state index contributed by atoms with van der Waals surface area (Å²) in [7, 11) is 0. The van der Waals surface area contributed by atoms with E-state index in [1.165, 1.54) is 6.92 Å². The number of halogens is 1. The van der Waals surface area contributed by atoms with Gasteiger partial charge in [0.2, 0.25) is 5.91 Å². The molecule has 5 heteroatoms. The zero-order chi connectivity index (χ0) is 19.1. The first-order valence-corrected chi connectivity index (χ1v) is 9.04. The Bertz CT molecular complexity index is 910. The summed E-state index contributed by atoms with van der Waals surface area (Å²) >= 11 is 6.03. The topological polar surface area (TPSA) is 50.4 Å². The van der Waals surface area contributed by atoms with E-state index in [0.717, 1.165) is 28.3 Å². The Morgan fingerprint density at radius 2 is 1.70 bits per heavy atom. The van der Waals surface area contributed by atoms with Crippen molar-refractivity contribution in [1.29, 1.82) is 0 Å². The smallest absolute Gasteiger partial charge is 0.221 e. The number of carbonyl (C=O) groups is 1. The second-order valence-electron chi connectivity index (χ2n) is 6.14. The molecule has 0 aliphatic carbocycles. The highest BCUT2D eigenvalue weighted by molar-refractivity contribution is 6.30. The molecule has 0 saturated carbocycles. The first-order chi connectivity index (χ1) is 13.1. The third-order valence-electron chi connectivity index (χ3n) is 3.94. The number of anilines is 2. The molecule has 0 aromatic heterocycles. The minimum absolute atomic E-state index is 0.0820. The van der Waals surface area contributed by atoms with Crippen LogP contribution in [0, 0.1) is 0 Å². The van der Waals surface area contributed by atoms with Crippen LogP contribution < -0.4 is 15.4 Å². The summed E-state index contributed by atoms with van der Waals surface area (Å²) in [5.41, 5.74) is 3.83. The van der Waals surface area contributed by atoms with E-state index in [2.05, 4.69) is 10.6 Å². The van der Waals surface area contributed by atoms with Gasteiger partial charge in [0.15, 0.2) is 0 Å². The molecule has 2 N–H and O–H groups in total. The number of nitrogens with one attached hydrogen (secondary N) is 2. The summed E-state index contributed by atoms with van der Waals surface area (Å²) in [6, 6.07) is 23.2. The van der Waals surface area contributed by atoms with Crippen LogP contribution in [-0.2, 0) is 17.9 Å². The van der Waals surface area contributed by atoms with Crippen molar-refractivity contribution in [2.45, 2.75) is 20.1 Å². The molecule has 0 fully saturated rings. The molecule has 27 heavy (non-hydrogen) atoms. The summed E-state index contributed by atoms with van der Waals surface area (Å²) in [5, 5.41) is 6.83. The van der Waals surface area contributed by atoms with Gasteiger partial charge < -0.3 is 15.4 Å². The fourth-order valence-electron chi connectivity index (χ4n) is 2.65. The van der Waals surface area contributed by atoms with Crippen molar-refractivity contribution in [1.82, 2.24) is 0 Å². The molecule has 0 aliphatic rings. The molecule has 0 radical (unpaired) electrons. The predicted octanol–water partition coefficient (Wildman–Crippen LogP) is 5.49. The molecule has 4 nitrogen and oxygen atoms in total. The molecule has 0 heterocycles. The van der Waals surface area contributed by atoms with Crippen LogP contribution in [0.5, 0.6) is 5.75 Å². The molecule has 3 rings (SSSR count). The fraction of sp³-hybridized carbons (Fsp3) is 0.136. The predicted molar refractivity (Wildman–Crippen MR) is 110 cm³/mol. The van der Waals surface area contributed by atoms with Crippen LogP contribution in [0.4, 0.5) is 11.4 Å². The number of hydrogen-bond donors (Lipinski definition) is 2. The zero-order valence-electron chi connectivity index (χ0n) is 15.0. The molecular weight excluding hydrogens is 360 g/mol. The fourth-order valence-corrected chi connectivity index (χ4v) is 2.86. The van der Waals surface area contributed by atoms with Crippen molar-refractivity contribution in [3.63, 3.8) is 0 Å². The van der Waals surface area contributed by atoms with E-state index in [4.69, 9.17) is 16.3 Å². The third-order valence-corrected chi connectivity index (χ3v) is 4.18. The molecule has 0 aliphatic heterocycles. The van der Waals surface area contributed by atoms with Gasteiger partial charge >= 0.3 is 0 Å². The van der Waals surface area contributed by atoms with E-state index in [-0.39, 0.29) is 5.91 Å². The number of carbonyl (C=O) groups excluding carboxylic acids is 1. The first-order valence-electron chi connectivity index (χ1n) is 8.67. The van der Waals surface area contributed by atoms with Crippen LogP contribution in [-0.4, -0.2) is 5.91 Å². The van der Waals surface area contributed by atoms with Gasteiger partial charge in [-0.05, 0) is 48.0 Å². The molecule has 0 spiro atoms. The second-order valence-corrected chi connectivity index (χ2v) is 6.57. The molecule has 0 unspecified atom stereocenters. The standard InChI is InChI=1S/C22H21ClN2O2/c1-16(26)25-21-11-9-20(10-12-21)24-14-18-6-2-3-8-22(18)27-15-17-5-4-7-19(23)13-17/h2-13,24H,14-15H2,1H3,(H,25,26). The van der Waals surface area contributed by atoms with Gasteiger partial charge in [0.25, 0.3) is 0 Å². The lowest BCUT2D eigenvalue weighted by atomic mass is 10.2. The molecule has 0 bridgehead atoms. The number of ether oxygens (including phenoxy) is 1. The van der Waals surface area contributed by atoms with E-state index in [1.807, 2.05) is 72.8 Å². The van der Waals surface area contributed by atoms with Gasteiger partial charge in [-0.3, -0.25) is 4.79 Å². The molecule has 3 aromatic carbocycles. The maximum atomic E-state index is 11.1. The van der Waals surface area contributed by atoms with E-state index < -0.39 is 0 Å². The van der Waals surface area contributed by atoms with Crippen LogP contribution in [0.1, 0.15) is 18.1 Å². The van der Waals surface area contributed by atoms with Crippen molar-refractivity contribution < 1.29 is 9.53 Å². The monoisotopic (exact) mass is 380 g/mol. The van der Waals surface area contributed by atoms with Gasteiger partial charge in [-0.1, -0.05) is 41.9 Å². The maximum absolute atomic E-state index is 11.1. The van der Waals surface area contributed by atoms with Crippen molar-refractivity contribution in [3.05, 3.63) is 88.9 Å². The molecule has 0 atom stereocenters.